The third-order valence-corrected chi connectivity index (χ3v) is 3.60. The van der Waals surface area contributed by atoms with Crippen LogP contribution in [0.25, 0.3) is 0 Å². The summed E-state index contributed by atoms with van der Waals surface area (Å²) < 4.78 is 0. The highest BCUT2D eigenvalue weighted by atomic mass is 16.1. The van der Waals surface area contributed by atoms with E-state index >= 15 is 0 Å². The van der Waals surface area contributed by atoms with Crippen LogP contribution in [0.1, 0.15) is 36.0 Å². The maximum atomic E-state index is 10.3. The van der Waals surface area contributed by atoms with Crippen molar-refractivity contribution in [2.75, 3.05) is 0 Å². The summed E-state index contributed by atoms with van der Waals surface area (Å²) in [5.41, 5.74) is 4.08. The summed E-state index contributed by atoms with van der Waals surface area (Å²) in [6.45, 7) is 0. The first-order valence-corrected chi connectivity index (χ1v) is 7.44. The van der Waals surface area contributed by atoms with Gasteiger partial charge >= 0.3 is 0 Å². The maximum absolute atomic E-state index is 10.3. The van der Waals surface area contributed by atoms with Crippen molar-refractivity contribution in [1.82, 2.24) is 0 Å². The van der Waals surface area contributed by atoms with Gasteiger partial charge in [-0.2, -0.15) is 0 Å². The number of hydrogen-bond donors (Lipinski definition) is 0. The predicted molar refractivity (Wildman–Crippen MR) is 83.9 cm³/mol. The van der Waals surface area contributed by atoms with Gasteiger partial charge in [0, 0.05) is 6.42 Å². The lowest BCUT2D eigenvalue weighted by molar-refractivity contribution is -0.107. The SMILES string of the molecule is O=CCCc1ccc(CCCCc2ccccc2)cc1. The molecule has 0 saturated carbocycles. The van der Waals surface area contributed by atoms with Crippen molar-refractivity contribution in [3.05, 3.63) is 71.3 Å². The summed E-state index contributed by atoms with van der Waals surface area (Å²) >= 11 is 0. The van der Waals surface area contributed by atoms with Crippen molar-refractivity contribution in [3.8, 4) is 0 Å². The van der Waals surface area contributed by atoms with Crippen molar-refractivity contribution in [2.24, 2.45) is 0 Å². The van der Waals surface area contributed by atoms with Crippen LogP contribution in [0.2, 0.25) is 0 Å². The molecule has 0 saturated heterocycles. The van der Waals surface area contributed by atoms with Crippen molar-refractivity contribution < 1.29 is 4.79 Å². The number of hydrogen-bond acceptors (Lipinski definition) is 1. The molecule has 0 radical (unpaired) electrons. The Hall–Kier alpha value is -1.89. The summed E-state index contributed by atoms with van der Waals surface area (Å²) in [5, 5.41) is 0. The minimum atomic E-state index is 0.621. The summed E-state index contributed by atoms with van der Waals surface area (Å²) in [7, 11) is 0. The second-order valence-electron chi connectivity index (χ2n) is 5.21. The van der Waals surface area contributed by atoms with Gasteiger partial charge in [-0.3, -0.25) is 0 Å². The molecule has 0 atom stereocenters. The molecule has 0 fully saturated rings. The monoisotopic (exact) mass is 266 g/mol. The lowest BCUT2D eigenvalue weighted by Crippen LogP contribution is -1.91. The largest absolute Gasteiger partial charge is 0.303 e. The number of benzene rings is 2. The fourth-order valence-electron chi connectivity index (χ4n) is 2.40. The fraction of sp³-hybridized carbons (Fsp3) is 0.316. The van der Waals surface area contributed by atoms with Gasteiger partial charge in [0.1, 0.15) is 6.29 Å². The van der Waals surface area contributed by atoms with Gasteiger partial charge in [0.2, 0.25) is 0 Å². The van der Waals surface area contributed by atoms with E-state index in [1.807, 2.05) is 0 Å². The molecule has 0 aliphatic heterocycles. The Labute approximate surface area is 121 Å². The van der Waals surface area contributed by atoms with E-state index in [0.717, 1.165) is 25.5 Å². The summed E-state index contributed by atoms with van der Waals surface area (Å²) in [6.07, 6.45) is 7.23. The van der Waals surface area contributed by atoms with Gasteiger partial charge in [-0.25, -0.2) is 0 Å². The van der Waals surface area contributed by atoms with E-state index in [2.05, 4.69) is 54.6 Å². The lowest BCUT2D eigenvalue weighted by Gasteiger charge is -2.04. The highest BCUT2D eigenvalue weighted by Crippen LogP contribution is 2.11. The highest BCUT2D eigenvalue weighted by molar-refractivity contribution is 5.50. The molecule has 0 aliphatic rings. The van der Waals surface area contributed by atoms with E-state index in [4.69, 9.17) is 0 Å². The van der Waals surface area contributed by atoms with Gasteiger partial charge < -0.3 is 4.79 Å². The Bertz CT molecular complexity index is 499. The standard InChI is InChI=1S/C19H22O/c20-16-6-11-19-14-12-18(13-15-19)10-5-4-9-17-7-2-1-3-8-17/h1-3,7-8,12-16H,4-6,9-11H2. The van der Waals surface area contributed by atoms with Crippen LogP contribution in [0.4, 0.5) is 0 Å². The van der Waals surface area contributed by atoms with E-state index in [1.54, 1.807) is 0 Å². The molecule has 1 nitrogen and oxygen atoms in total. The van der Waals surface area contributed by atoms with Gasteiger partial charge in [-0.05, 0) is 48.8 Å². The smallest absolute Gasteiger partial charge is 0.120 e. The predicted octanol–water partition coefficient (Wildman–Crippen LogP) is 4.38. The number of aryl methyl sites for hydroxylation is 3. The van der Waals surface area contributed by atoms with Crippen LogP contribution in [0.5, 0.6) is 0 Å². The molecule has 0 unspecified atom stereocenters. The Morgan fingerprint density at radius 3 is 1.70 bits per heavy atom. The molecule has 2 rings (SSSR count). The summed E-state index contributed by atoms with van der Waals surface area (Å²) in [6, 6.07) is 19.4. The molecule has 2 aromatic rings. The zero-order chi connectivity index (χ0) is 14.0. The number of rotatable bonds is 8. The molecule has 0 aliphatic carbocycles. The highest BCUT2D eigenvalue weighted by Gasteiger charge is 1.97. The molecule has 0 N–H and O–H groups in total. The van der Waals surface area contributed by atoms with Crippen LogP contribution in [-0.2, 0) is 24.1 Å². The third kappa shape index (κ3) is 5.00. The van der Waals surface area contributed by atoms with Crippen molar-refractivity contribution >= 4 is 6.29 Å². The van der Waals surface area contributed by atoms with Crippen LogP contribution in [0.3, 0.4) is 0 Å². The molecule has 104 valence electrons. The zero-order valence-corrected chi connectivity index (χ0v) is 11.9. The van der Waals surface area contributed by atoms with Crippen molar-refractivity contribution in [1.29, 1.82) is 0 Å². The zero-order valence-electron chi connectivity index (χ0n) is 11.9. The van der Waals surface area contributed by atoms with Crippen LogP contribution in [0, 0.1) is 0 Å². The molecule has 2 aromatic carbocycles. The minimum Gasteiger partial charge on any atom is -0.303 e. The van der Waals surface area contributed by atoms with Crippen LogP contribution >= 0.6 is 0 Å². The summed E-state index contributed by atoms with van der Waals surface area (Å²) in [4.78, 5) is 10.3. The molecule has 0 heterocycles. The van der Waals surface area contributed by atoms with Gasteiger partial charge in [0.15, 0.2) is 0 Å². The van der Waals surface area contributed by atoms with Gasteiger partial charge in [0.25, 0.3) is 0 Å². The number of aldehydes is 1. The molecule has 0 aromatic heterocycles. The topological polar surface area (TPSA) is 17.1 Å². The molecule has 0 bridgehead atoms. The van der Waals surface area contributed by atoms with Crippen molar-refractivity contribution in [3.63, 3.8) is 0 Å². The first-order valence-electron chi connectivity index (χ1n) is 7.44. The number of carbonyl (C=O) groups excluding carboxylic acids is 1. The molecular weight excluding hydrogens is 244 g/mol. The maximum Gasteiger partial charge on any atom is 0.120 e. The van der Waals surface area contributed by atoms with Crippen LogP contribution < -0.4 is 0 Å². The van der Waals surface area contributed by atoms with Crippen LogP contribution in [-0.4, -0.2) is 6.29 Å². The van der Waals surface area contributed by atoms with E-state index in [-0.39, 0.29) is 0 Å². The van der Waals surface area contributed by atoms with Crippen LogP contribution in [0.15, 0.2) is 54.6 Å². The molecule has 1 heteroatoms. The molecule has 20 heavy (non-hydrogen) atoms. The first kappa shape index (κ1) is 14.5. The second kappa shape index (κ2) is 8.31. The first-order chi connectivity index (χ1) is 9.88. The lowest BCUT2D eigenvalue weighted by atomic mass is 10.0. The number of unbranched alkanes of at least 4 members (excludes halogenated alkanes) is 1. The van der Waals surface area contributed by atoms with Gasteiger partial charge in [0.05, 0.1) is 0 Å². The average Bonchev–Trinajstić information content (AvgIpc) is 2.52. The van der Waals surface area contributed by atoms with E-state index in [1.165, 1.54) is 29.5 Å². The third-order valence-electron chi connectivity index (χ3n) is 3.60. The fourth-order valence-corrected chi connectivity index (χ4v) is 2.40. The molecule has 0 spiro atoms. The molecular formula is C19H22O. The second-order valence-corrected chi connectivity index (χ2v) is 5.21. The quantitative estimate of drug-likeness (QED) is 0.512. The Morgan fingerprint density at radius 1 is 0.650 bits per heavy atom. The molecule has 0 amide bonds. The Kier molecular flexibility index (Phi) is 6.04. The normalized spacial score (nSPS) is 10.4. The van der Waals surface area contributed by atoms with Gasteiger partial charge in [-0.15, -0.1) is 0 Å². The van der Waals surface area contributed by atoms with E-state index in [9.17, 15) is 4.79 Å². The van der Waals surface area contributed by atoms with Crippen molar-refractivity contribution in [2.45, 2.75) is 38.5 Å². The minimum absolute atomic E-state index is 0.621. The number of carbonyl (C=O) groups is 1. The summed E-state index contributed by atoms with van der Waals surface area (Å²) in [5.74, 6) is 0. The van der Waals surface area contributed by atoms with E-state index < -0.39 is 0 Å². The van der Waals surface area contributed by atoms with Gasteiger partial charge in [-0.1, -0.05) is 54.6 Å². The Balaban J connectivity index is 1.70. The average molecular weight is 266 g/mol. The van der Waals surface area contributed by atoms with E-state index in [0.29, 0.717) is 6.42 Å². The Morgan fingerprint density at radius 2 is 1.15 bits per heavy atom.